The average molecular weight is 687 g/mol. The van der Waals surface area contributed by atoms with Crippen LogP contribution >= 0.6 is 34.4 Å². The Morgan fingerprint density at radius 2 is 0.735 bits per heavy atom. The van der Waals surface area contributed by atoms with Crippen molar-refractivity contribution in [3.8, 4) is 11.5 Å². The van der Waals surface area contributed by atoms with Crippen LogP contribution in [0.1, 0.15) is 0 Å². The van der Waals surface area contributed by atoms with E-state index >= 15 is 0 Å². The zero-order valence-corrected chi connectivity index (χ0v) is 28.9. The van der Waals surface area contributed by atoms with E-state index in [-0.39, 0.29) is 0 Å². The molecule has 3 aromatic heterocycles. The Morgan fingerprint density at radius 3 is 1.08 bits per heavy atom. The molecule has 9 aromatic rings. The van der Waals surface area contributed by atoms with Crippen molar-refractivity contribution in [2.24, 2.45) is 0 Å². The van der Waals surface area contributed by atoms with E-state index in [1.54, 1.807) is 36.9 Å². The Balaban J connectivity index is 1.37. The van der Waals surface area contributed by atoms with Gasteiger partial charge in [0.05, 0.1) is 35.3 Å². The van der Waals surface area contributed by atoms with Gasteiger partial charge in [-0.1, -0.05) is 109 Å². The van der Waals surface area contributed by atoms with E-state index in [9.17, 15) is 0 Å². The minimum Gasteiger partial charge on any atom is -0.495 e. The van der Waals surface area contributed by atoms with Gasteiger partial charge >= 0.3 is 0 Å². The first kappa shape index (κ1) is 28.7. The van der Waals surface area contributed by atoms with Gasteiger partial charge in [-0.25, -0.2) is 0 Å². The van der Waals surface area contributed by atoms with Crippen molar-refractivity contribution in [2.45, 2.75) is 0 Å². The minimum absolute atomic E-state index is 0.897. The van der Waals surface area contributed by atoms with Gasteiger partial charge in [-0.2, -0.15) is 8.75 Å². The lowest BCUT2D eigenvalue weighted by Crippen LogP contribution is -1.88. The van der Waals surface area contributed by atoms with Crippen LogP contribution in [0.5, 0.6) is 11.5 Å². The van der Waals surface area contributed by atoms with Crippen LogP contribution < -0.4 is 9.47 Å². The molecule has 0 saturated heterocycles. The standard InChI is InChI=1S/C42H26N2O2S3/c1-45-39-33-21-35-29-15-7-25(8-16-29)23-3-11-27(12-4-23)31-19-20-32(38-37(31)43-49-44-38)28-13-5-24(6-14-28)26-9-17-30(18-10-26)36-22-34(41(39)47-36)40(46-2)42(33)48-35/h3-22H,1-2H3. The molecule has 234 valence electrons. The second kappa shape index (κ2) is 11.1. The maximum atomic E-state index is 6.12. The van der Waals surface area contributed by atoms with Gasteiger partial charge < -0.3 is 9.47 Å². The minimum atomic E-state index is 0.897. The van der Waals surface area contributed by atoms with Crippen LogP contribution in [0.2, 0.25) is 0 Å². The van der Waals surface area contributed by atoms with Gasteiger partial charge in [0, 0.05) is 30.3 Å². The lowest BCUT2D eigenvalue weighted by molar-refractivity contribution is 0.419. The van der Waals surface area contributed by atoms with Gasteiger partial charge in [-0.3, -0.25) is 0 Å². The monoisotopic (exact) mass is 686 g/mol. The largest absolute Gasteiger partial charge is 0.495 e. The second-order valence-electron chi connectivity index (χ2n) is 12.2. The van der Waals surface area contributed by atoms with Gasteiger partial charge in [-0.05, 0) is 53.9 Å². The van der Waals surface area contributed by atoms with Crippen LogP contribution in [-0.2, 0) is 0 Å². The Morgan fingerprint density at radius 1 is 0.408 bits per heavy atom. The van der Waals surface area contributed by atoms with Crippen molar-refractivity contribution < 1.29 is 9.47 Å². The van der Waals surface area contributed by atoms with Crippen molar-refractivity contribution in [3.05, 3.63) is 183 Å². The summed E-state index contributed by atoms with van der Waals surface area (Å²) in [5.74, 6) is 1.79. The first-order chi connectivity index (χ1) is 24.2. The van der Waals surface area contributed by atoms with Crippen LogP contribution in [0.4, 0.5) is 0 Å². The van der Waals surface area contributed by atoms with Crippen molar-refractivity contribution in [1.29, 1.82) is 0 Å². The molecular formula is C42H26N2O2S3. The predicted molar refractivity (Wildman–Crippen MR) is 200 cm³/mol. The summed E-state index contributed by atoms with van der Waals surface area (Å²) >= 11 is 4.76. The number of hydrogen-bond donors (Lipinski definition) is 0. The van der Waals surface area contributed by atoms with Crippen LogP contribution in [0, 0.1) is 61.3 Å². The number of benzene rings is 6. The van der Waals surface area contributed by atoms with Crippen LogP contribution in [0.25, 0.3) is 31.2 Å². The zero-order chi connectivity index (χ0) is 32.6. The van der Waals surface area contributed by atoms with Gasteiger partial charge in [0.25, 0.3) is 0 Å². The number of methoxy groups -OCH3 is 2. The number of nitrogens with zero attached hydrogens (tertiary/aromatic N) is 2. The van der Waals surface area contributed by atoms with Crippen molar-refractivity contribution in [3.63, 3.8) is 0 Å². The van der Waals surface area contributed by atoms with Gasteiger partial charge in [-0.15, -0.1) is 22.7 Å². The molecule has 16 bridgehead atoms. The number of aromatic nitrogens is 2. The summed E-state index contributed by atoms with van der Waals surface area (Å²) in [6.07, 6.45) is 0. The molecule has 0 amide bonds. The molecule has 6 aromatic carbocycles. The molecule has 0 fully saturated rings. The Hall–Kier alpha value is -5.34. The van der Waals surface area contributed by atoms with E-state index in [1.807, 2.05) is 0 Å². The van der Waals surface area contributed by atoms with E-state index in [2.05, 4.69) is 121 Å². The highest BCUT2D eigenvalue weighted by Gasteiger charge is 2.19. The van der Waals surface area contributed by atoms with Crippen molar-refractivity contribution in [1.82, 2.24) is 8.75 Å². The molecule has 0 N–H and O–H groups in total. The molecule has 0 saturated carbocycles. The normalized spacial score (nSPS) is 11.9. The molecule has 0 radical (unpaired) electrons. The maximum absolute atomic E-state index is 6.12. The van der Waals surface area contributed by atoms with Gasteiger partial charge in [0.1, 0.15) is 22.5 Å². The molecule has 12 aliphatic rings. The Labute approximate surface area is 290 Å². The van der Waals surface area contributed by atoms with Crippen molar-refractivity contribution >= 4 is 65.6 Å². The third-order valence-corrected chi connectivity index (χ3v) is 12.5. The Kier molecular flexibility index (Phi) is 6.49. The zero-order valence-electron chi connectivity index (χ0n) is 26.5. The number of hydrogen-bond acceptors (Lipinski definition) is 7. The lowest BCUT2D eigenvalue weighted by atomic mass is 10.1. The molecule has 15 heterocycles. The SMILES string of the molecule is COc1c2cc3sc2c(OC)c2cc(sc12)=c1ccc(cc1)=c1ccc(cc1)=c1ccc(c2nsnc12)=c1ccc(cc1)=c1ccc=3cc1. The molecule has 12 aliphatic heterocycles. The number of thiophene rings is 2. The first-order valence-electron chi connectivity index (χ1n) is 16.0. The summed E-state index contributed by atoms with van der Waals surface area (Å²) < 4.78 is 26.3. The molecule has 7 heteroatoms. The van der Waals surface area contributed by atoms with E-state index in [0.29, 0.717) is 0 Å². The average Bonchev–Trinajstić information content (AvgIpc) is 3.93. The fourth-order valence-electron chi connectivity index (χ4n) is 7.06. The smallest absolute Gasteiger partial charge is 0.145 e. The van der Waals surface area contributed by atoms with Crippen LogP contribution in [0.15, 0.2) is 121 Å². The summed E-state index contributed by atoms with van der Waals surface area (Å²) in [6.45, 7) is 0. The number of rotatable bonds is 2. The molecule has 49 heavy (non-hydrogen) atoms. The summed E-state index contributed by atoms with van der Waals surface area (Å²) in [5, 5.41) is 13.6. The first-order valence-corrected chi connectivity index (χ1v) is 18.3. The fourth-order valence-corrected chi connectivity index (χ4v) is 10.0. The summed E-state index contributed by atoms with van der Waals surface area (Å²) in [5.41, 5.74) is 1.87. The van der Waals surface area contributed by atoms with E-state index in [4.69, 9.17) is 18.2 Å². The maximum Gasteiger partial charge on any atom is 0.145 e. The van der Waals surface area contributed by atoms with Gasteiger partial charge in [0.2, 0.25) is 0 Å². The quantitative estimate of drug-likeness (QED) is 0.182. The third-order valence-electron chi connectivity index (χ3n) is 9.59. The summed E-state index contributed by atoms with van der Waals surface area (Å²) in [7, 11) is 3.53. The third kappa shape index (κ3) is 4.47. The van der Waals surface area contributed by atoms with E-state index in [1.165, 1.54) is 52.1 Å². The summed E-state index contributed by atoms with van der Waals surface area (Å²) in [6, 6.07) is 44.0. The molecule has 0 aliphatic carbocycles. The molecule has 0 unspecified atom stereocenters. The van der Waals surface area contributed by atoms with Crippen LogP contribution in [-0.4, -0.2) is 23.0 Å². The summed E-state index contributed by atoms with van der Waals surface area (Å²) in [4.78, 5) is 0. The Bertz CT molecular complexity index is 3070. The molecule has 0 spiro atoms. The topological polar surface area (TPSA) is 44.2 Å². The fraction of sp³-hybridized carbons (Fsp3) is 0.0476. The highest BCUT2D eigenvalue weighted by atomic mass is 32.1. The van der Waals surface area contributed by atoms with E-state index < -0.39 is 0 Å². The molecule has 21 rings (SSSR count). The molecule has 0 atom stereocenters. The predicted octanol–water partition coefficient (Wildman–Crippen LogP) is 10.2. The van der Waals surface area contributed by atoms with Crippen LogP contribution in [0.3, 0.4) is 0 Å². The number of ether oxygens (including phenoxy) is 2. The van der Waals surface area contributed by atoms with Gasteiger partial charge in [0.15, 0.2) is 0 Å². The molecule has 4 nitrogen and oxygen atoms in total. The molecular weight excluding hydrogens is 661 g/mol. The highest BCUT2D eigenvalue weighted by Crippen LogP contribution is 2.48. The second-order valence-corrected chi connectivity index (χ2v) is 14.8. The van der Waals surface area contributed by atoms with E-state index in [0.717, 1.165) is 63.6 Å². The highest BCUT2D eigenvalue weighted by molar-refractivity contribution is 7.20. The van der Waals surface area contributed by atoms with Crippen molar-refractivity contribution in [2.75, 3.05) is 14.2 Å². The lowest BCUT2D eigenvalue weighted by Gasteiger charge is -2.08.